The number of thioether (sulfide) groups is 1. The molecule has 1 fully saturated rings. The third kappa shape index (κ3) is 5.01. The molecule has 1 aliphatic rings. The highest BCUT2D eigenvalue weighted by atomic mass is 79.9. The largest absolute Gasteiger partial charge is 0.357 e. The highest BCUT2D eigenvalue weighted by molar-refractivity contribution is 9.10. The van der Waals surface area contributed by atoms with Gasteiger partial charge in [-0.2, -0.15) is 0 Å². The summed E-state index contributed by atoms with van der Waals surface area (Å²) in [6, 6.07) is 8.33. The maximum Gasteiger partial charge on any atom is 0.230 e. The number of carbonyl (C=O) groups excluding carboxylic acids is 1. The van der Waals surface area contributed by atoms with E-state index in [1.807, 2.05) is 6.20 Å². The molecule has 2 heterocycles. The molecule has 2 aromatic rings. The fraction of sp³-hybridized carbons (Fsp3) is 0.400. The minimum atomic E-state index is 0.0404. The second-order valence-corrected chi connectivity index (χ2v) is 8.52. The first-order valence-corrected chi connectivity index (χ1v) is 10.7. The molecule has 1 N–H and O–H groups in total. The molecule has 0 bridgehead atoms. The second-order valence-electron chi connectivity index (χ2n) is 6.65. The molecule has 138 valence electrons. The minimum Gasteiger partial charge on any atom is -0.357 e. The van der Waals surface area contributed by atoms with Crippen LogP contribution in [0.15, 0.2) is 39.8 Å². The summed E-state index contributed by atoms with van der Waals surface area (Å²) >= 11 is 5.12. The van der Waals surface area contributed by atoms with E-state index in [2.05, 4.69) is 69.2 Å². The van der Waals surface area contributed by atoms with Gasteiger partial charge in [-0.3, -0.25) is 4.79 Å². The molecule has 0 atom stereocenters. The van der Waals surface area contributed by atoms with Gasteiger partial charge in [-0.1, -0.05) is 22.0 Å². The topological polar surface area (TPSA) is 45.2 Å². The number of hydrogen-bond donors (Lipinski definition) is 1. The number of rotatable bonds is 6. The number of halogens is 1. The Hall–Kier alpha value is -1.53. The molecular formula is C20H24BrN3OS. The van der Waals surface area contributed by atoms with E-state index in [1.165, 1.54) is 24.0 Å². The number of carbonyl (C=O) groups is 1. The van der Waals surface area contributed by atoms with Gasteiger partial charge >= 0.3 is 0 Å². The van der Waals surface area contributed by atoms with E-state index in [-0.39, 0.29) is 5.91 Å². The van der Waals surface area contributed by atoms with Gasteiger partial charge < -0.3 is 10.2 Å². The van der Waals surface area contributed by atoms with Crippen molar-refractivity contribution in [3.8, 4) is 0 Å². The van der Waals surface area contributed by atoms with E-state index in [0.29, 0.717) is 12.3 Å². The predicted molar refractivity (Wildman–Crippen MR) is 112 cm³/mol. The number of anilines is 1. The van der Waals surface area contributed by atoms with Crippen LogP contribution in [-0.4, -0.2) is 29.7 Å². The van der Waals surface area contributed by atoms with Gasteiger partial charge in [0, 0.05) is 35.2 Å². The van der Waals surface area contributed by atoms with Crippen LogP contribution in [0.5, 0.6) is 0 Å². The standard InChI is InChI=1S/C20H24BrN3OS/c1-14-10-18(15(2)9-17(14)21)26-13-20(25)23-12-16-5-6-19(22-11-16)24-7-3-4-8-24/h5-6,9-11H,3-4,7-8,12-13H2,1-2H3,(H,23,25). The van der Waals surface area contributed by atoms with Crippen molar-refractivity contribution in [3.05, 3.63) is 51.6 Å². The van der Waals surface area contributed by atoms with Crippen LogP contribution < -0.4 is 10.2 Å². The number of aromatic nitrogens is 1. The van der Waals surface area contributed by atoms with Gasteiger partial charge in [-0.15, -0.1) is 11.8 Å². The SMILES string of the molecule is Cc1cc(SCC(=O)NCc2ccc(N3CCCC3)nc2)c(C)cc1Br. The van der Waals surface area contributed by atoms with Crippen molar-refractivity contribution in [2.75, 3.05) is 23.7 Å². The van der Waals surface area contributed by atoms with Crippen LogP contribution >= 0.6 is 27.7 Å². The molecule has 0 spiro atoms. The average Bonchev–Trinajstić information content (AvgIpc) is 3.17. The zero-order chi connectivity index (χ0) is 18.5. The van der Waals surface area contributed by atoms with E-state index < -0.39 is 0 Å². The van der Waals surface area contributed by atoms with E-state index in [1.54, 1.807) is 11.8 Å². The number of amides is 1. The lowest BCUT2D eigenvalue weighted by molar-refractivity contribution is -0.118. The van der Waals surface area contributed by atoms with Crippen LogP contribution in [0.1, 0.15) is 29.5 Å². The summed E-state index contributed by atoms with van der Waals surface area (Å²) in [6.45, 7) is 6.83. The summed E-state index contributed by atoms with van der Waals surface area (Å²) in [5.74, 6) is 1.49. The van der Waals surface area contributed by atoms with Crippen LogP contribution in [0, 0.1) is 13.8 Å². The Bertz CT molecular complexity index is 773. The minimum absolute atomic E-state index is 0.0404. The number of nitrogens with one attached hydrogen (secondary N) is 1. The molecular weight excluding hydrogens is 410 g/mol. The van der Waals surface area contributed by atoms with Crippen LogP contribution in [0.4, 0.5) is 5.82 Å². The van der Waals surface area contributed by atoms with Gasteiger partial charge in [0.1, 0.15) is 5.82 Å². The number of aryl methyl sites for hydroxylation is 2. The number of pyridine rings is 1. The lowest BCUT2D eigenvalue weighted by Crippen LogP contribution is -2.25. The summed E-state index contributed by atoms with van der Waals surface area (Å²) in [7, 11) is 0. The maximum atomic E-state index is 12.2. The van der Waals surface area contributed by atoms with Gasteiger partial charge in [0.05, 0.1) is 5.75 Å². The molecule has 1 amide bonds. The fourth-order valence-corrected chi connectivity index (χ4v) is 4.35. The summed E-state index contributed by atoms with van der Waals surface area (Å²) < 4.78 is 1.11. The van der Waals surface area contributed by atoms with Crippen LogP contribution in [0.3, 0.4) is 0 Å². The second kappa shape index (κ2) is 8.91. The first-order chi connectivity index (χ1) is 12.5. The smallest absolute Gasteiger partial charge is 0.230 e. The molecule has 3 rings (SSSR count). The first kappa shape index (κ1) is 19.2. The highest BCUT2D eigenvalue weighted by Crippen LogP contribution is 2.28. The Morgan fingerprint density at radius 1 is 1.23 bits per heavy atom. The maximum absolute atomic E-state index is 12.2. The Labute approximate surface area is 167 Å². The number of benzene rings is 1. The molecule has 0 radical (unpaired) electrons. The van der Waals surface area contributed by atoms with E-state index >= 15 is 0 Å². The molecule has 1 aromatic heterocycles. The third-order valence-corrected chi connectivity index (χ3v) is 6.56. The van der Waals surface area contributed by atoms with Crippen molar-refractivity contribution in [3.63, 3.8) is 0 Å². The van der Waals surface area contributed by atoms with E-state index in [9.17, 15) is 4.79 Å². The molecule has 0 unspecified atom stereocenters. The Kier molecular flexibility index (Phi) is 6.59. The molecule has 0 aliphatic carbocycles. The van der Waals surface area contributed by atoms with Crippen molar-refractivity contribution in [1.82, 2.24) is 10.3 Å². The zero-order valence-corrected chi connectivity index (χ0v) is 17.6. The molecule has 1 aliphatic heterocycles. The first-order valence-electron chi connectivity index (χ1n) is 8.89. The summed E-state index contributed by atoms with van der Waals surface area (Å²) in [5.41, 5.74) is 3.40. The lowest BCUT2D eigenvalue weighted by atomic mass is 10.2. The van der Waals surface area contributed by atoms with Crippen molar-refractivity contribution in [2.45, 2.75) is 38.1 Å². The van der Waals surface area contributed by atoms with Crippen molar-refractivity contribution in [1.29, 1.82) is 0 Å². The summed E-state index contributed by atoms with van der Waals surface area (Å²) in [4.78, 5) is 20.1. The summed E-state index contributed by atoms with van der Waals surface area (Å²) in [6.07, 6.45) is 4.35. The molecule has 6 heteroatoms. The Morgan fingerprint density at radius 2 is 2.00 bits per heavy atom. The normalized spacial score (nSPS) is 13.9. The Balaban J connectivity index is 1.47. The van der Waals surface area contributed by atoms with Crippen molar-refractivity contribution < 1.29 is 4.79 Å². The van der Waals surface area contributed by atoms with Gasteiger partial charge in [0.25, 0.3) is 0 Å². The molecule has 26 heavy (non-hydrogen) atoms. The quantitative estimate of drug-likeness (QED) is 0.682. The van der Waals surface area contributed by atoms with Crippen LogP contribution in [0.2, 0.25) is 0 Å². The van der Waals surface area contributed by atoms with E-state index in [0.717, 1.165) is 33.8 Å². The van der Waals surface area contributed by atoms with Gasteiger partial charge in [-0.05, 0) is 61.6 Å². The number of nitrogens with zero attached hydrogens (tertiary/aromatic N) is 2. The van der Waals surface area contributed by atoms with Crippen molar-refractivity contribution >= 4 is 39.4 Å². The van der Waals surface area contributed by atoms with Gasteiger partial charge in [-0.25, -0.2) is 4.98 Å². The van der Waals surface area contributed by atoms with Gasteiger partial charge in [0.2, 0.25) is 5.91 Å². The van der Waals surface area contributed by atoms with Gasteiger partial charge in [0.15, 0.2) is 0 Å². The molecule has 0 saturated carbocycles. The molecule has 1 saturated heterocycles. The third-order valence-electron chi connectivity index (χ3n) is 4.54. The predicted octanol–water partition coefficient (Wildman–Crippen LogP) is 4.47. The molecule has 1 aromatic carbocycles. The monoisotopic (exact) mass is 433 g/mol. The molecule has 4 nitrogen and oxygen atoms in total. The summed E-state index contributed by atoms with van der Waals surface area (Å²) in [5, 5.41) is 2.98. The number of hydrogen-bond acceptors (Lipinski definition) is 4. The van der Waals surface area contributed by atoms with Crippen LogP contribution in [-0.2, 0) is 11.3 Å². The Morgan fingerprint density at radius 3 is 2.69 bits per heavy atom. The average molecular weight is 434 g/mol. The van der Waals surface area contributed by atoms with Crippen molar-refractivity contribution in [2.24, 2.45) is 0 Å². The highest BCUT2D eigenvalue weighted by Gasteiger charge is 2.13. The van der Waals surface area contributed by atoms with E-state index in [4.69, 9.17) is 0 Å². The lowest BCUT2D eigenvalue weighted by Gasteiger charge is -2.16. The fourth-order valence-electron chi connectivity index (χ4n) is 2.96. The zero-order valence-electron chi connectivity index (χ0n) is 15.2. The van der Waals surface area contributed by atoms with Crippen LogP contribution in [0.25, 0.3) is 0 Å².